The monoisotopic (exact) mass is 299 g/mol. The van der Waals surface area contributed by atoms with Crippen molar-refractivity contribution in [1.82, 2.24) is 5.32 Å². The summed E-state index contributed by atoms with van der Waals surface area (Å²) in [7, 11) is 0. The molecular formula is C13H21ClF3NO. The van der Waals surface area contributed by atoms with E-state index >= 15 is 0 Å². The van der Waals surface area contributed by atoms with Gasteiger partial charge in [0.2, 0.25) is 5.91 Å². The van der Waals surface area contributed by atoms with Crippen molar-refractivity contribution in [3.8, 4) is 0 Å². The predicted molar refractivity (Wildman–Crippen MR) is 69.0 cm³/mol. The number of carbonyl (C=O) groups is 1. The second kappa shape index (κ2) is 6.82. The minimum Gasteiger partial charge on any atom is -0.354 e. The van der Waals surface area contributed by atoms with Gasteiger partial charge in [0.15, 0.2) is 0 Å². The maximum atomic E-state index is 12.9. The van der Waals surface area contributed by atoms with E-state index in [0.29, 0.717) is 19.3 Å². The lowest BCUT2D eigenvalue weighted by Crippen LogP contribution is -2.44. The molecule has 0 radical (unpaired) electrons. The predicted octanol–water partition coefficient (Wildman–Crippen LogP) is 3.73. The summed E-state index contributed by atoms with van der Waals surface area (Å²) in [6.07, 6.45) is -2.71. The van der Waals surface area contributed by atoms with E-state index in [1.807, 2.05) is 13.8 Å². The highest BCUT2D eigenvalue weighted by Gasteiger charge is 2.47. The first-order chi connectivity index (χ1) is 8.73. The van der Waals surface area contributed by atoms with Crippen LogP contribution in [0.2, 0.25) is 0 Å². The minimum absolute atomic E-state index is 0.0517. The normalized spacial score (nSPS) is 26.3. The molecule has 112 valence electrons. The van der Waals surface area contributed by atoms with E-state index in [2.05, 4.69) is 5.32 Å². The maximum Gasteiger partial charge on any atom is 0.392 e. The van der Waals surface area contributed by atoms with Gasteiger partial charge in [-0.2, -0.15) is 13.2 Å². The number of rotatable bonds is 4. The summed E-state index contributed by atoms with van der Waals surface area (Å²) < 4.78 is 38.6. The topological polar surface area (TPSA) is 29.1 Å². The largest absolute Gasteiger partial charge is 0.392 e. The van der Waals surface area contributed by atoms with Crippen LogP contribution in [-0.4, -0.2) is 24.0 Å². The van der Waals surface area contributed by atoms with Crippen molar-refractivity contribution < 1.29 is 18.0 Å². The van der Waals surface area contributed by atoms with Gasteiger partial charge in [-0.1, -0.05) is 26.7 Å². The van der Waals surface area contributed by atoms with Crippen molar-refractivity contribution in [2.45, 2.75) is 51.1 Å². The first-order valence-corrected chi connectivity index (χ1v) is 7.15. The summed E-state index contributed by atoms with van der Waals surface area (Å²) in [4.78, 5) is 11.9. The molecule has 1 amide bonds. The number of hydrogen-bond acceptors (Lipinski definition) is 1. The average Bonchev–Trinajstić information content (AvgIpc) is 2.34. The molecule has 1 fully saturated rings. The first kappa shape index (κ1) is 16.6. The van der Waals surface area contributed by atoms with Crippen LogP contribution < -0.4 is 5.32 Å². The van der Waals surface area contributed by atoms with Gasteiger partial charge in [-0.15, -0.1) is 11.6 Å². The Labute approximate surface area is 117 Å². The molecule has 0 aliphatic heterocycles. The van der Waals surface area contributed by atoms with E-state index in [9.17, 15) is 18.0 Å². The molecular weight excluding hydrogens is 279 g/mol. The molecule has 3 unspecified atom stereocenters. The number of hydrogen-bond donors (Lipinski definition) is 1. The summed E-state index contributed by atoms with van der Waals surface area (Å²) in [6.45, 7) is 4.03. The third kappa shape index (κ3) is 4.86. The Morgan fingerprint density at radius 3 is 2.42 bits per heavy atom. The zero-order chi connectivity index (χ0) is 14.6. The van der Waals surface area contributed by atoms with Crippen molar-refractivity contribution >= 4 is 17.5 Å². The maximum absolute atomic E-state index is 12.9. The average molecular weight is 300 g/mol. The Balaban J connectivity index is 2.58. The number of amides is 1. The summed E-state index contributed by atoms with van der Waals surface area (Å²) >= 11 is 5.99. The van der Waals surface area contributed by atoms with Gasteiger partial charge >= 0.3 is 6.18 Å². The standard InChI is InChI=1S/C13H21ClF3NO/c1-8(2)11(14)7-18-12(19)9-5-3-4-6-10(9)13(15,16)17/h8-11H,3-7H2,1-2H3,(H,18,19). The number of halogens is 4. The molecule has 1 aliphatic carbocycles. The summed E-state index contributed by atoms with van der Waals surface area (Å²) in [6, 6.07) is 0. The van der Waals surface area contributed by atoms with Crippen molar-refractivity contribution in [3.05, 3.63) is 0 Å². The van der Waals surface area contributed by atoms with Gasteiger partial charge in [-0.05, 0) is 18.8 Å². The van der Waals surface area contributed by atoms with Gasteiger partial charge in [0.25, 0.3) is 0 Å². The van der Waals surface area contributed by atoms with E-state index in [1.54, 1.807) is 0 Å². The Bertz CT molecular complexity index is 307. The van der Waals surface area contributed by atoms with Crippen LogP contribution in [0.5, 0.6) is 0 Å². The number of carbonyl (C=O) groups excluding carboxylic acids is 1. The molecule has 1 N–H and O–H groups in total. The first-order valence-electron chi connectivity index (χ1n) is 6.72. The fourth-order valence-electron chi connectivity index (χ4n) is 2.40. The highest BCUT2D eigenvalue weighted by molar-refractivity contribution is 6.21. The highest BCUT2D eigenvalue weighted by atomic mass is 35.5. The third-order valence-corrected chi connectivity index (χ3v) is 4.38. The lowest BCUT2D eigenvalue weighted by atomic mass is 9.78. The van der Waals surface area contributed by atoms with E-state index in [4.69, 9.17) is 11.6 Å². The molecule has 3 atom stereocenters. The van der Waals surface area contributed by atoms with Gasteiger partial charge in [0.1, 0.15) is 0 Å². The van der Waals surface area contributed by atoms with Gasteiger partial charge in [-0.25, -0.2) is 0 Å². The Hall–Kier alpha value is -0.450. The second-order valence-electron chi connectivity index (χ2n) is 5.54. The smallest absolute Gasteiger partial charge is 0.354 e. The quantitative estimate of drug-likeness (QED) is 0.787. The molecule has 1 aliphatic rings. The van der Waals surface area contributed by atoms with Gasteiger partial charge in [-0.3, -0.25) is 4.79 Å². The Kier molecular flexibility index (Phi) is 5.96. The van der Waals surface area contributed by atoms with E-state index < -0.39 is 23.9 Å². The molecule has 0 aromatic carbocycles. The van der Waals surface area contributed by atoms with Crippen molar-refractivity contribution in [1.29, 1.82) is 0 Å². The van der Waals surface area contributed by atoms with Crippen molar-refractivity contribution in [3.63, 3.8) is 0 Å². The van der Waals surface area contributed by atoms with E-state index in [1.165, 1.54) is 0 Å². The molecule has 0 bridgehead atoms. The molecule has 1 rings (SSSR count). The molecule has 0 heterocycles. The van der Waals surface area contributed by atoms with Crippen LogP contribution in [-0.2, 0) is 4.79 Å². The SMILES string of the molecule is CC(C)C(Cl)CNC(=O)C1CCCCC1C(F)(F)F. The van der Waals surface area contributed by atoms with Crippen LogP contribution in [0.15, 0.2) is 0 Å². The summed E-state index contributed by atoms with van der Waals surface area (Å²) in [5.41, 5.74) is 0. The second-order valence-corrected chi connectivity index (χ2v) is 6.10. The van der Waals surface area contributed by atoms with Crippen LogP contribution in [0.25, 0.3) is 0 Å². The third-order valence-electron chi connectivity index (χ3n) is 3.72. The zero-order valence-electron chi connectivity index (χ0n) is 11.3. The fraction of sp³-hybridized carbons (Fsp3) is 0.923. The van der Waals surface area contributed by atoms with E-state index in [0.717, 1.165) is 0 Å². The van der Waals surface area contributed by atoms with Gasteiger partial charge in [0, 0.05) is 12.5 Å². The van der Waals surface area contributed by atoms with Gasteiger partial charge < -0.3 is 5.32 Å². The molecule has 0 spiro atoms. The molecule has 2 nitrogen and oxygen atoms in total. The number of alkyl halides is 4. The van der Waals surface area contributed by atoms with E-state index in [-0.39, 0.29) is 24.3 Å². The van der Waals surface area contributed by atoms with Crippen LogP contribution in [0.1, 0.15) is 39.5 Å². The highest BCUT2D eigenvalue weighted by Crippen LogP contribution is 2.41. The molecule has 1 saturated carbocycles. The lowest BCUT2D eigenvalue weighted by molar-refractivity contribution is -0.198. The molecule has 0 aromatic heterocycles. The van der Waals surface area contributed by atoms with Crippen LogP contribution in [0, 0.1) is 17.8 Å². The van der Waals surface area contributed by atoms with Crippen molar-refractivity contribution in [2.75, 3.05) is 6.54 Å². The zero-order valence-corrected chi connectivity index (χ0v) is 12.0. The molecule has 0 saturated heterocycles. The summed E-state index contributed by atoms with van der Waals surface area (Å²) in [5, 5.41) is 2.31. The molecule has 0 aromatic rings. The number of nitrogens with one attached hydrogen (secondary N) is 1. The van der Waals surface area contributed by atoms with Crippen LogP contribution in [0.3, 0.4) is 0 Å². The Morgan fingerprint density at radius 2 is 1.89 bits per heavy atom. The summed E-state index contributed by atoms with van der Waals surface area (Å²) in [5.74, 6) is -2.79. The fourth-order valence-corrected chi connectivity index (χ4v) is 2.48. The van der Waals surface area contributed by atoms with Gasteiger partial charge in [0.05, 0.1) is 11.3 Å². The van der Waals surface area contributed by atoms with Crippen LogP contribution in [0.4, 0.5) is 13.2 Å². The van der Waals surface area contributed by atoms with Crippen molar-refractivity contribution in [2.24, 2.45) is 17.8 Å². The molecule has 19 heavy (non-hydrogen) atoms. The van der Waals surface area contributed by atoms with Crippen LogP contribution >= 0.6 is 11.6 Å². The Morgan fingerprint density at radius 1 is 1.32 bits per heavy atom. The lowest BCUT2D eigenvalue weighted by Gasteiger charge is -2.32. The minimum atomic E-state index is -4.29. The molecule has 6 heteroatoms.